The van der Waals surface area contributed by atoms with Gasteiger partial charge in [-0.15, -0.1) is 0 Å². The normalized spacial score (nSPS) is 18.1. The minimum atomic E-state index is -0.0275. The van der Waals surface area contributed by atoms with Gasteiger partial charge < -0.3 is 19.8 Å². The second-order valence-corrected chi connectivity index (χ2v) is 4.15. The SMILES string of the molecule is NC[C@@H](CC(=O)N1CCOCC1)c1ccco1. The number of carbonyl (C=O) groups is 1. The molecule has 94 valence electrons. The Labute approximate surface area is 101 Å². The molecule has 1 aromatic heterocycles. The highest BCUT2D eigenvalue weighted by Gasteiger charge is 2.22. The number of nitrogens with zero attached hydrogens (tertiary/aromatic N) is 1. The molecule has 0 aromatic carbocycles. The van der Waals surface area contributed by atoms with Gasteiger partial charge in [-0.1, -0.05) is 0 Å². The van der Waals surface area contributed by atoms with Gasteiger partial charge in [0.05, 0.1) is 19.5 Å². The molecule has 0 spiro atoms. The van der Waals surface area contributed by atoms with Crippen LogP contribution in [0.1, 0.15) is 18.1 Å². The maximum absolute atomic E-state index is 12.0. The molecule has 0 radical (unpaired) electrons. The van der Waals surface area contributed by atoms with Crippen LogP contribution >= 0.6 is 0 Å². The predicted molar refractivity (Wildman–Crippen MR) is 62.5 cm³/mol. The molecule has 0 bridgehead atoms. The smallest absolute Gasteiger partial charge is 0.223 e. The summed E-state index contributed by atoms with van der Waals surface area (Å²) in [4.78, 5) is 13.9. The second kappa shape index (κ2) is 5.84. The molecule has 2 heterocycles. The third-order valence-corrected chi connectivity index (χ3v) is 3.01. The van der Waals surface area contributed by atoms with Crippen LogP contribution in [0.15, 0.2) is 22.8 Å². The molecule has 2 rings (SSSR count). The molecular formula is C12H18N2O3. The van der Waals surface area contributed by atoms with Crippen molar-refractivity contribution in [2.75, 3.05) is 32.8 Å². The summed E-state index contributed by atoms with van der Waals surface area (Å²) in [6, 6.07) is 3.68. The van der Waals surface area contributed by atoms with Gasteiger partial charge in [-0.2, -0.15) is 0 Å². The zero-order valence-corrected chi connectivity index (χ0v) is 9.80. The number of rotatable bonds is 4. The lowest BCUT2D eigenvalue weighted by molar-refractivity contribution is -0.135. The van der Waals surface area contributed by atoms with Crippen molar-refractivity contribution in [1.82, 2.24) is 4.90 Å². The van der Waals surface area contributed by atoms with E-state index in [1.165, 1.54) is 0 Å². The summed E-state index contributed by atoms with van der Waals surface area (Å²) in [5, 5.41) is 0. The van der Waals surface area contributed by atoms with Crippen molar-refractivity contribution in [3.8, 4) is 0 Å². The van der Waals surface area contributed by atoms with E-state index in [1.807, 2.05) is 17.0 Å². The highest BCUT2D eigenvalue weighted by molar-refractivity contribution is 5.77. The summed E-state index contributed by atoms with van der Waals surface area (Å²) in [6.45, 7) is 3.02. The number of hydrogen-bond acceptors (Lipinski definition) is 4. The van der Waals surface area contributed by atoms with Crippen molar-refractivity contribution in [1.29, 1.82) is 0 Å². The van der Waals surface area contributed by atoms with E-state index >= 15 is 0 Å². The highest BCUT2D eigenvalue weighted by atomic mass is 16.5. The van der Waals surface area contributed by atoms with Gasteiger partial charge >= 0.3 is 0 Å². The number of carbonyl (C=O) groups excluding carboxylic acids is 1. The lowest BCUT2D eigenvalue weighted by Crippen LogP contribution is -2.41. The van der Waals surface area contributed by atoms with Crippen LogP contribution in [0.3, 0.4) is 0 Å². The van der Waals surface area contributed by atoms with Gasteiger partial charge in [-0.25, -0.2) is 0 Å². The van der Waals surface area contributed by atoms with E-state index in [0.29, 0.717) is 39.3 Å². The molecule has 5 nitrogen and oxygen atoms in total. The Morgan fingerprint density at radius 1 is 1.47 bits per heavy atom. The molecule has 1 fully saturated rings. The maximum atomic E-state index is 12.0. The predicted octanol–water partition coefficient (Wildman–Crippen LogP) is 0.571. The Hall–Kier alpha value is -1.33. The zero-order chi connectivity index (χ0) is 12.1. The molecule has 2 N–H and O–H groups in total. The van der Waals surface area contributed by atoms with Gasteiger partial charge in [0.25, 0.3) is 0 Å². The summed E-state index contributed by atoms with van der Waals surface area (Å²) in [5.41, 5.74) is 5.69. The molecule has 1 saturated heterocycles. The summed E-state index contributed by atoms with van der Waals surface area (Å²) in [5.74, 6) is 0.884. The first-order valence-corrected chi connectivity index (χ1v) is 5.90. The Morgan fingerprint density at radius 3 is 2.82 bits per heavy atom. The number of nitrogens with two attached hydrogens (primary N) is 1. The number of hydrogen-bond donors (Lipinski definition) is 1. The molecule has 1 atom stereocenters. The Morgan fingerprint density at radius 2 is 2.24 bits per heavy atom. The fourth-order valence-electron chi connectivity index (χ4n) is 1.98. The van der Waals surface area contributed by atoms with Crippen LogP contribution in [0, 0.1) is 0 Å². The molecular weight excluding hydrogens is 220 g/mol. The summed E-state index contributed by atoms with van der Waals surface area (Å²) >= 11 is 0. The standard InChI is InChI=1S/C12H18N2O3/c13-9-10(11-2-1-5-17-11)8-12(15)14-3-6-16-7-4-14/h1-2,5,10H,3-4,6-9,13H2/t10-/m1/s1. The van der Waals surface area contributed by atoms with E-state index in [2.05, 4.69) is 0 Å². The fraction of sp³-hybridized carbons (Fsp3) is 0.583. The molecule has 5 heteroatoms. The van der Waals surface area contributed by atoms with Gasteiger partial charge in [0, 0.05) is 32.0 Å². The second-order valence-electron chi connectivity index (χ2n) is 4.15. The summed E-state index contributed by atoms with van der Waals surface area (Å²) in [7, 11) is 0. The molecule has 1 aliphatic heterocycles. The van der Waals surface area contributed by atoms with Gasteiger partial charge in [0.1, 0.15) is 5.76 Å². The quantitative estimate of drug-likeness (QED) is 0.832. The number of amides is 1. The van der Waals surface area contributed by atoms with Crippen LogP contribution in [0.2, 0.25) is 0 Å². The molecule has 0 unspecified atom stereocenters. The largest absolute Gasteiger partial charge is 0.469 e. The molecule has 1 amide bonds. The number of ether oxygens (including phenoxy) is 1. The van der Waals surface area contributed by atoms with Crippen molar-refractivity contribution in [3.05, 3.63) is 24.2 Å². The fourth-order valence-corrected chi connectivity index (χ4v) is 1.98. The van der Waals surface area contributed by atoms with E-state index in [1.54, 1.807) is 6.26 Å². The van der Waals surface area contributed by atoms with Crippen LogP contribution in [0.4, 0.5) is 0 Å². The average molecular weight is 238 g/mol. The molecule has 0 saturated carbocycles. The Kier molecular flexibility index (Phi) is 4.17. The maximum Gasteiger partial charge on any atom is 0.223 e. The first-order chi connectivity index (χ1) is 8.31. The molecule has 0 aliphatic carbocycles. The zero-order valence-electron chi connectivity index (χ0n) is 9.80. The van der Waals surface area contributed by atoms with E-state index in [9.17, 15) is 4.79 Å². The highest BCUT2D eigenvalue weighted by Crippen LogP contribution is 2.20. The minimum Gasteiger partial charge on any atom is -0.469 e. The lowest BCUT2D eigenvalue weighted by atomic mass is 10.0. The van der Waals surface area contributed by atoms with Crippen molar-refractivity contribution >= 4 is 5.91 Å². The van der Waals surface area contributed by atoms with Crippen molar-refractivity contribution in [2.45, 2.75) is 12.3 Å². The lowest BCUT2D eigenvalue weighted by Gasteiger charge is -2.28. The first kappa shape index (κ1) is 12.1. The van der Waals surface area contributed by atoms with Crippen molar-refractivity contribution in [2.24, 2.45) is 5.73 Å². The van der Waals surface area contributed by atoms with Crippen molar-refractivity contribution < 1.29 is 13.9 Å². The van der Waals surface area contributed by atoms with Crippen LogP contribution in [0.25, 0.3) is 0 Å². The Bertz CT molecular complexity index is 345. The number of morpholine rings is 1. The van der Waals surface area contributed by atoms with Crippen LogP contribution in [-0.4, -0.2) is 43.7 Å². The molecule has 17 heavy (non-hydrogen) atoms. The molecule has 1 aromatic rings. The van der Waals surface area contributed by atoms with Gasteiger partial charge in [0.15, 0.2) is 0 Å². The molecule has 1 aliphatic rings. The van der Waals surface area contributed by atoms with E-state index in [-0.39, 0.29) is 11.8 Å². The van der Waals surface area contributed by atoms with Crippen molar-refractivity contribution in [3.63, 3.8) is 0 Å². The van der Waals surface area contributed by atoms with Crippen LogP contribution in [-0.2, 0) is 9.53 Å². The average Bonchev–Trinajstić information content (AvgIpc) is 2.90. The third kappa shape index (κ3) is 3.08. The van der Waals surface area contributed by atoms with Crippen LogP contribution in [0.5, 0.6) is 0 Å². The monoisotopic (exact) mass is 238 g/mol. The van der Waals surface area contributed by atoms with E-state index in [4.69, 9.17) is 14.9 Å². The van der Waals surface area contributed by atoms with Gasteiger partial charge in [-0.3, -0.25) is 4.79 Å². The topological polar surface area (TPSA) is 68.7 Å². The van der Waals surface area contributed by atoms with Gasteiger partial charge in [0.2, 0.25) is 5.91 Å². The van der Waals surface area contributed by atoms with E-state index < -0.39 is 0 Å². The first-order valence-electron chi connectivity index (χ1n) is 5.90. The summed E-state index contributed by atoms with van der Waals surface area (Å²) < 4.78 is 10.5. The van der Waals surface area contributed by atoms with Crippen LogP contribution < -0.4 is 5.73 Å². The minimum absolute atomic E-state index is 0.0275. The van der Waals surface area contributed by atoms with E-state index in [0.717, 1.165) is 5.76 Å². The Balaban J connectivity index is 1.92. The number of furan rings is 1. The third-order valence-electron chi connectivity index (χ3n) is 3.01. The summed E-state index contributed by atoms with van der Waals surface area (Å²) in [6.07, 6.45) is 2.02. The van der Waals surface area contributed by atoms with Gasteiger partial charge in [-0.05, 0) is 12.1 Å².